The number of para-hydroxylation sites is 1. The van der Waals surface area contributed by atoms with Crippen LogP contribution in [0.4, 0.5) is 28.9 Å². The maximum Gasteiger partial charge on any atom is 0.416 e. The van der Waals surface area contributed by atoms with E-state index in [4.69, 9.17) is 9.47 Å². The molecule has 4 aliphatic rings. The zero-order chi connectivity index (χ0) is 28.9. The number of allylic oxidation sites excluding steroid dienone is 3. The number of anilines is 1. The van der Waals surface area contributed by atoms with Crippen molar-refractivity contribution in [2.75, 3.05) is 32.2 Å². The Morgan fingerprint density at radius 1 is 1.12 bits per heavy atom. The van der Waals surface area contributed by atoms with Crippen molar-refractivity contribution in [3.63, 3.8) is 0 Å². The zero-order valence-corrected chi connectivity index (χ0v) is 22.2. The summed E-state index contributed by atoms with van der Waals surface area (Å²) in [5.74, 6) is -0.246. The van der Waals surface area contributed by atoms with Crippen molar-refractivity contribution in [2.24, 2.45) is 4.99 Å². The third kappa shape index (κ3) is 4.64. The molecule has 2 unspecified atom stereocenters. The number of ether oxygens (including phenoxy) is 2. The molecule has 3 aliphatic heterocycles. The van der Waals surface area contributed by atoms with Crippen LogP contribution in [0.25, 0.3) is 0 Å². The van der Waals surface area contributed by atoms with E-state index in [2.05, 4.69) is 16.0 Å². The number of alkyl halides is 3. The second-order valence-corrected chi connectivity index (χ2v) is 9.91. The van der Waals surface area contributed by atoms with Gasteiger partial charge in [0.2, 0.25) is 5.96 Å². The molecule has 3 heterocycles. The largest absolute Gasteiger partial charge is 0.496 e. The monoisotopic (exact) mass is 566 g/mol. The Balaban J connectivity index is 1.50. The van der Waals surface area contributed by atoms with Crippen molar-refractivity contribution < 1.29 is 31.8 Å². The topological polar surface area (TPSA) is 57.6 Å². The van der Waals surface area contributed by atoms with Gasteiger partial charge in [-0.3, -0.25) is 4.79 Å². The first-order chi connectivity index (χ1) is 19.7. The molecule has 0 saturated carbocycles. The summed E-state index contributed by atoms with van der Waals surface area (Å²) in [6.07, 6.45) is 4.90. The normalized spacial score (nSPS) is 21.3. The van der Waals surface area contributed by atoms with E-state index in [1.165, 1.54) is 31.4 Å². The third-order valence-electron chi connectivity index (χ3n) is 7.62. The summed E-state index contributed by atoms with van der Waals surface area (Å²) in [6.45, 7) is 0.961. The minimum atomic E-state index is -4.59. The maximum atomic E-state index is 15.2. The summed E-state index contributed by atoms with van der Waals surface area (Å²) in [5.41, 5.74) is 1.55. The molecular weight excluding hydrogens is 540 g/mol. The first-order valence-corrected chi connectivity index (χ1v) is 13.0. The van der Waals surface area contributed by atoms with E-state index in [0.717, 1.165) is 29.2 Å². The lowest BCUT2D eigenvalue weighted by Crippen LogP contribution is -2.51. The van der Waals surface area contributed by atoms with Gasteiger partial charge in [-0.05, 0) is 36.4 Å². The van der Waals surface area contributed by atoms with Crippen molar-refractivity contribution in [3.05, 3.63) is 107 Å². The van der Waals surface area contributed by atoms with Gasteiger partial charge in [0.15, 0.2) is 0 Å². The second-order valence-electron chi connectivity index (χ2n) is 9.91. The van der Waals surface area contributed by atoms with Crippen molar-refractivity contribution in [1.29, 1.82) is 0 Å². The Labute approximate surface area is 234 Å². The van der Waals surface area contributed by atoms with Crippen molar-refractivity contribution >= 4 is 23.3 Å². The van der Waals surface area contributed by atoms with E-state index in [9.17, 15) is 18.0 Å². The fraction of sp³-hybridized carbons (Fsp3) is 0.267. The molecule has 0 saturated heterocycles. The molecule has 2 aromatic carbocycles. The smallest absolute Gasteiger partial charge is 0.416 e. The third-order valence-corrected chi connectivity index (χ3v) is 7.62. The van der Waals surface area contributed by atoms with Gasteiger partial charge in [0, 0.05) is 36.1 Å². The Kier molecular flexibility index (Phi) is 6.59. The maximum absolute atomic E-state index is 15.2. The number of carbonyl (C=O) groups is 1. The summed E-state index contributed by atoms with van der Waals surface area (Å²) in [4.78, 5) is 22.8. The molecule has 0 N–H and O–H groups in total. The van der Waals surface area contributed by atoms with E-state index in [1.54, 1.807) is 23.0 Å². The summed E-state index contributed by atoms with van der Waals surface area (Å²) >= 11 is 0. The van der Waals surface area contributed by atoms with Crippen LogP contribution in [0.2, 0.25) is 0 Å². The zero-order valence-electron chi connectivity index (χ0n) is 22.2. The highest BCUT2D eigenvalue weighted by molar-refractivity contribution is 6.02. The standard InChI is InChI=1S/C30H26F4N4O3/c1-40-26-11-5-10-24-22(26)15-20-17-36(12-13-37(20)24)29-35-28-21(8-4-9-23(28)31)25(16-27(39)41-2)38(29)19-7-3-6-18(14-19)30(32,33)34/h3-11,14-15,17,24-25H,12-13,16H2,1-2H3. The number of fused-ring (bicyclic) bond motifs is 4. The van der Waals surface area contributed by atoms with Gasteiger partial charge in [-0.15, -0.1) is 0 Å². The number of guanidine groups is 1. The lowest BCUT2D eigenvalue weighted by molar-refractivity contribution is -0.141. The number of carbonyl (C=O) groups excluding carboxylic acids is 1. The molecule has 2 aromatic rings. The van der Waals surface area contributed by atoms with Crippen LogP contribution in [0.15, 0.2) is 95.0 Å². The Morgan fingerprint density at radius 3 is 2.68 bits per heavy atom. The van der Waals surface area contributed by atoms with Gasteiger partial charge in [-0.1, -0.05) is 30.4 Å². The van der Waals surface area contributed by atoms with Gasteiger partial charge >= 0.3 is 12.1 Å². The van der Waals surface area contributed by atoms with Crippen LogP contribution in [-0.2, 0) is 20.4 Å². The molecule has 41 heavy (non-hydrogen) atoms. The molecule has 212 valence electrons. The van der Waals surface area contributed by atoms with Crippen LogP contribution in [0.3, 0.4) is 0 Å². The molecule has 0 bridgehead atoms. The van der Waals surface area contributed by atoms with Crippen LogP contribution in [-0.4, -0.2) is 55.1 Å². The molecule has 0 amide bonds. The molecule has 0 aromatic heterocycles. The minimum Gasteiger partial charge on any atom is -0.496 e. The van der Waals surface area contributed by atoms with Crippen molar-refractivity contribution in [3.8, 4) is 0 Å². The quantitative estimate of drug-likeness (QED) is 0.343. The number of hydrogen-bond donors (Lipinski definition) is 0. The van der Waals surface area contributed by atoms with E-state index < -0.39 is 29.6 Å². The molecule has 6 rings (SSSR count). The summed E-state index contributed by atoms with van der Waals surface area (Å²) in [6, 6.07) is 8.31. The highest BCUT2D eigenvalue weighted by Gasteiger charge is 2.41. The fourth-order valence-corrected chi connectivity index (χ4v) is 5.71. The van der Waals surface area contributed by atoms with Gasteiger partial charge < -0.3 is 24.2 Å². The molecule has 0 fully saturated rings. The molecule has 0 spiro atoms. The van der Waals surface area contributed by atoms with E-state index in [1.807, 2.05) is 24.4 Å². The second kappa shape index (κ2) is 10.1. The lowest BCUT2D eigenvalue weighted by Gasteiger charge is -2.44. The number of aliphatic imine (C=N–C) groups is 1. The first kappa shape index (κ1) is 26.7. The van der Waals surface area contributed by atoms with Gasteiger partial charge in [-0.2, -0.15) is 13.2 Å². The number of nitrogens with zero attached hydrogens (tertiary/aromatic N) is 4. The highest BCUT2D eigenvalue weighted by atomic mass is 19.4. The molecule has 2 atom stereocenters. The first-order valence-electron chi connectivity index (χ1n) is 13.0. The van der Waals surface area contributed by atoms with Crippen LogP contribution < -0.4 is 4.90 Å². The minimum absolute atomic E-state index is 0.0125. The predicted molar refractivity (Wildman–Crippen MR) is 144 cm³/mol. The number of halogens is 4. The van der Waals surface area contributed by atoms with Crippen molar-refractivity contribution in [1.82, 2.24) is 9.80 Å². The fourth-order valence-electron chi connectivity index (χ4n) is 5.71. The predicted octanol–water partition coefficient (Wildman–Crippen LogP) is 5.82. The van der Waals surface area contributed by atoms with Gasteiger partial charge in [0.25, 0.3) is 0 Å². The van der Waals surface area contributed by atoms with E-state index in [0.29, 0.717) is 18.7 Å². The Morgan fingerprint density at radius 2 is 1.93 bits per heavy atom. The van der Waals surface area contributed by atoms with Gasteiger partial charge in [0.05, 0.1) is 44.0 Å². The molecule has 0 radical (unpaired) electrons. The molecule has 1 aliphatic carbocycles. The van der Waals surface area contributed by atoms with Crippen LogP contribution in [0, 0.1) is 5.82 Å². The average Bonchev–Trinajstić information content (AvgIpc) is 3.35. The van der Waals surface area contributed by atoms with Gasteiger partial charge in [0.1, 0.15) is 17.3 Å². The molecule has 7 nitrogen and oxygen atoms in total. The molecule has 11 heteroatoms. The van der Waals surface area contributed by atoms with Gasteiger partial charge in [-0.25, -0.2) is 9.38 Å². The number of hydrogen-bond acceptors (Lipinski definition) is 7. The van der Waals surface area contributed by atoms with E-state index in [-0.39, 0.29) is 29.8 Å². The summed E-state index contributed by atoms with van der Waals surface area (Å²) in [7, 11) is 2.84. The SMILES string of the molecule is COC(=O)CC1c2cccc(F)c2N=C(N2C=C3C=C4C(OC)=CC=CC4N3CC2)N1c1cccc(C(F)(F)F)c1. The summed E-state index contributed by atoms with van der Waals surface area (Å²) in [5, 5.41) is 0. The number of esters is 1. The Bertz CT molecular complexity index is 1560. The van der Waals surface area contributed by atoms with Crippen molar-refractivity contribution in [2.45, 2.75) is 24.7 Å². The van der Waals surface area contributed by atoms with Crippen LogP contribution in [0.1, 0.15) is 23.6 Å². The summed E-state index contributed by atoms with van der Waals surface area (Å²) < 4.78 is 67.0. The number of rotatable bonds is 4. The average molecular weight is 567 g/mol. The lowest BCUT2D eigenvalue weighted by atomic mass is 9.97. The van der Waals surface area contributed by atoms with Crippen LogP contribution >= 0.6 is 0 Å². The van der Waals surface area contributed by atoms with Crippen LogP contribution in [0.5, 0.6) is 0 Å². The Hall–Kier alpha value is -4.54. The van der Waals surface area contributed by atoms with E-state index >= 15 is 4.39 Å². The molecular formula is C30H26F4N4O3. The highest BCUT2D eigenvalue weighted by Crippen LogP contribution is 2.44. The number of benzene rings is 2. The number of methoxy groups -OCH3 is 2.